The Balaban J connectivity index is 1.62. The number of aliphatic imine (C=N–C) groups is 1. The lowest BCUT2D eigenvalue weighted by Crippen LogP contribution is -2.53. The smallest absolute Gasteiger partial charge is 0.250 e. The van der Waals surface area contributed by atoms with E-state index in [1.807, 2.05) is 31.2 Å². The topological polar surface area (TPSA) is 91.0 Å². The number of aryl methyl sites for hydroxylation is 1. The maximum absolute atomic E-state index is 12.8. The Morgan fingerprint density at radius 2 is 1.64 bits per heavy atom. The van der Waals surface area contributed by atoms with Crippen LogP contribution in [0.15, 0.2) is 29.3 Å². The van der Waals surface area contributed by atoms with Crippen molar-refractivity contribution in [2.75, 3.05) is 31.5 Å². The summed E-state index contributed by atoms with van der Waals surface area (Å²) < 4.78 is 0. The van der Waals surface area contributed by atoms with Gasteiger partial charge in [0, 0.05) is 38.8 Å². The maximum atomic E-state index is 12.8. The number of anilines is 1. The third-order valence-electron chi connectivity index (χ3n) is 4.79. The van der Waals surface area contributed by atoms with Gasteiger partial charge in [0.05, 0.1) is 0 Å². The summed E-state index contributed by atoms with van der Waals surface area (Å²) in [6, 6.07) is 7.84. The van der Waals surface area contributed by atoms with E-state index in [0.717, 1.165) is 18.5 Å². The van der Waals surface area contributed by atoms with Gasteiger partial charge in [0.1, 0.15) is 5.54 Å². The van der Waals surface area contributed by atoms with Crippen LogP contribution in [0, 0.1) is 6.92 Å². The van der Waals surface area contributed by atoms with Crippen molar-refractivity contribution >= 4 is 23.5 Å². The van der Waals surface area contributed by atoms with Crippen molar-refractivity contribution in [1.82, 2.24) is 9.80 Å². The maximum Gasteiger partial charge on any atom is 0.250 e. The standard InChI is InChI=1S/C18H25N5O2/c1-13-3-5-15(6-4-13)20-17(19)21-18(7-8-18)16(25)23-11-9-22(10-12-23)14(2)24/h3-6H,7-12H2,1-2H3,(H3,19,20,21). The molecule has 7 nitrogen and oxygen atoms in total. The minimum Gasteiger partial charge on any atom is -0.370 e. The highest BCUT2D eigenvalue weighted by atomic mass is 16.2. The van der Waals surface area contributed by atoms with Gasteiger partial charge >= 0.3 is 0 Å². The second-order valence-corrected chi connectivity index (χ2v) is 6.82. The molecule has 25 heavy (non-hydrogen) atoms. The first-order valence-corrected chi connectivity index (χ1v) is 8.63. The van der Waals surface area contributed by atoms with Crippen molar-refractivity contribution in [1.29, 1.82) is 0 Å². The first-order valence-electron chi connectivity index (χ1n) is 8.63. The molecule has 1 aromatic carbocycles. The normalized spacial score (nSPS) is 19.5. The van der Waals surface area contributed by atoms with E-state index < -0.39 is 5.54 Å². The number of hydrogen-bond donors (Lipinski definition) is 2. The quantitative estimate of drug-likeness (QED) is 0.631. The second-order valence-electron chi connectivity index (χ2n) is 6.82. The average molecular weight is 343 g/mol. The molecule has 3 rings (SSSR count). The molecule has 2 amide bonds. The van der Waals surface area contributed by atoms with E-state index in [9.17, 15) is 9.59 Å². The van der Waals surface area contributed by atoms with E-state index >= 15 is 0 Å². The molecule has 1 aromatic rings. The predicted octanol–water partition coefficient (Wildman–Crippen LogP) is 0.945. The Kier molecular flexibility index (Phi) is 4.65. The van der Waals surface area contributed by atoms with Crippen LogP contribution in [0.4, 0.5) is 5.69 Å². The third-order valence-corrected chi connectivity index (χ3v) is 4.79. The number of amides is 2. The van der Waals surface area contributed by atoms with Crippen molar-refractivity contribution in [3.05, 3.63) is 29.8 Å². The Morgan fingerprint density at radius 1 is 1.08 bits per heavy atom. The fourth-order valence-corrected chi connectivity index (χ4v) is 3.05. The molecule has 2 aliphatic rings. The fourth-order valence-electron chi connectivity index (χ4n) is 3.05. The van der Waals surface area contributed by atoms with E-state index in [-0.39, 0.29) is 17.8 Å². The van der Waals surface area contributed by atoms with Crippen molar-refractivity contribution in [2.45, 2.75) is 32.2 Å². The zero-order chi connectivity index (χ0) is 18.0. The molecule has 1 saturated carbocycles. The predicted molar refractivity (Wildman–Crippen MR) is 97.2 cm³/mol. The molecule has 134 valence electrons. The van der Waals surface area contributed by atoms with Crippen LogP contribution in [-0.4, -0.2) is 59.3 Å². The summed E-state index contributed by atoms with van der Waals surface area (Å²) in [6.07, 6.45) is 1.43. The molecule has 1 heterocycles. The highest BCUT2D eigenvalue weighted by Crippen LogP contribution is 2.41. The summed E-state index contributed by atoms with van der Waals surface area (Å²) in [5.41, 5.74) is 7.31. The number of nitrogens with two attached hydrogens (primary N) is 1. The Morgan fingerprint density at radius 3 is 2.16 bits per heavy atom. The molecular formula is C18H25N5O2. The van der Waals surface area contributed by atoms with Crippen LogP contribution in [0.3, 0.4) is 0 Å². The van der Waals surface area contributed by atoms with Crippen molar-refractivity contribution < 1.29 is 9.59 Å². The summed E-state index contributed by atoms with van der Waals surface area (Å²) in [6.45, 7) is 5.85. The van der Waals surface area contributed by atoms with Crippen LogP contribution in [0.25, 0.3) is 0 Å². The van der Waals surface area contributed by atoms with Crippen LogP contribution in [-0.2, 0) is 9.59 Å². The average Bonchev–Trinajstić information content (AvgIpc) is 3.37. The lowest BCUT2D eigenvalue weighted by molar-refractivity contribution is -0.139. The molecule has 0 atom stereocenters. The number of guanidine groups is 1. The lowest BCUT2D eigenvalue weighted by atomic mass is 10.2. The largest absolute Gasteiger partial charge is 0.370 e. The van der Waals surface area contributed by atoms with Gasteiger partial charge < -0.3 is 20.9 Å². The molecule has 3 N–H and O–H groups in total. The molecule has 1 aliphatic heterocycles. The monoisotopic (exact) mass is 343 g/mol. The van der Waals surface area contributed by atoms with Gasteiger partial charge in [-0.25, -0.2) is 4.99 Å². The van der Waals surface area contributed by atoms with E-state index in [1.54, 1.807) is 16.7 Å². The SMILES string of the molecule is CC(=O)N1CCN(C(=O)C2(N=C(N)Nc3ccc(C)cc3)CC2)CC1. The highest BCUT2D eigenvalue weighted by Gasteiger charge is 2.52. The summed E-state index contributed by atoms with van der Waals surface area (Å²) in [7, 11) is 0. The number of nitrogens with one attached hydrogen (secondary N) is 1. The number of nitrogens with zero attached hydrogens (tertiary/aromatic N) is 3. The zero-order valence-corrected chi connectivity index (χ0v) is 14.8. The van der Waals surface area contributed by atoms with Crippen molar-refractivity contribution in [3.63, 3.8) is 0 Å². The van der Waals surface area contributed by atoms with Gasteiger partial charge in [-0.05, 0) is 31.9 Å². The first-order chi connectivity index (χ1) is 11.9. The zero-order valence-electron chi connectivity index (χ0n) is 14.8. The highest BCUT2D eigenvalue weighted by molar-refractivity contribution is 5.97. The van der Waals surface area contributed by atoms with Gasteiger partial charge in [0.2, 0.25) is 5.91 Å². The molecule has 0 radical (unpaired) electrons. The van der Waals surface area contributed by atoms with Crippen molar-refractivity contribution in [2.24, 2.45) is 10.7 Å². The molecule has 1 aliphatic carbocycles. The number of carbonyl (C=O) groups excluding carboxylic acids is 2. The Bertz CT molecular complexity index is 686. The minimum absolute atomic E-state index is 0.0179. The van der Waals surface area contributed by atoms with Gasteiger partial charge in [-0.3, -0.25) is 9.59 Å². The Hall–Kier alpha value is -2.57. The van der Waals surface area contributed by atoms with Gasteiger partial charge in [-0.15, -0.1) is 0 Å². The summed E-state index contributed by atoms with van der Waals surface area (Å²) in [5, 5.41) is 3.05. The summed E-state index contributed by atoms with van der Waals surface area (Å²) >= 11 is 0. The number of carbonyl (C=O) groups is 2. The van der Waals surface area contributed by atoms with Crippen LogP contribution in [0.1, 0.15) is 25.3 Å². The molecular weight excluding hydrogens is 318 g/mol. The molecule has 0 bridgehead atoms. The van der Waals surface area contributed by atoms with Gasteiger partial charge in [-0.2, -0.15) is 0 Å². The summed E-state index contributed by atoms with van der Waals surface area (Å²) in [4.78, 5) is 32.3. The van der Waals surface area contributed by atoms with Crippen LogP contribution >= 0.6 is 0 Å². The molecule has 0 spiro atoms. The Labute approximate surface area is 147 Å². The fraction of sp³-hybridized carbons (Fsp3) is 0.500. The van der Waals surface area contributed by atoms with E-state index in [4.69, 9.17) is 5.73 Å². The second kappa shape index (κ2) is 6.74. The molecule has 0 aromatic heterocycles. The van der Waals surface area contributed by atoms with Crippen LogP contribution in [0.5, 0.6) is 0 Å². The number of rotatable bonds is 3. The van der Waals surface area contributed by atoms with Gasteiger partial charge in [0.25, 0.3) is 5.91 Å². The van der Waals surface area contributed by atoms with Crippen molar-refractivity contribution in [3.8, 4) is 0 Å². The van der Waals surface area contributed by atoms with E-state index in [2.05, 4.69) is 10.3 Å². The van der Waals surface area contributed by atoms with Gasteiger partial charge in [-0.1, -0.05) is 17.7 Å². The lowest BCUT2D eigenvalue weighted by Gasteiger charge is -2.35. The van der Waals surface area contributed by atoms with Gasteiger partial charge in [0.15, 0.2) is 5.96 Å². The van der Waals surface area contributed by atoms with Crippen LogP contribution in [0.2, 0.25) is 0 Å². The molecule has 1 saturated heterocycles. The third kappa shape index (κ3) is 3.92. The minimum atomic E-state index is -0.722. The number of piperazine rings is 1. The van der Waals surface area contributed by atoms with Crippen LogP contribution < -0.4 is 11.1 Å². The number of hydrogen-bond acceptors (Lipinski definition) is 3. The first kappa shape index (κ1) is 17.3. The summed E-state index contributed by atoms with van der Waals surface area (Å²) in [5.74, 6) is 0.333. The number of benzene rings is 1. The van der Waals surface area contributed by atoms with E-state index in [0.29, 0.717) is 26.2 Å². The molecule has 0 unspecified atom stereocenters. The molecule has 7 heteroatoms. The molecule has 2 fully saturated rings. The van der Waals surface area contributed by atoms with E-state index in [1.165, 1.54) is 5.56 Å².